The van der Waals surface area contributed by atoms with E-state index >= 15 is 0 Å². The molecular weight excluding hydrogens is 414 g/mol. The summed E-state index contributed by atoms with van der Waals surface area (Å²) in [5, 5.41) is 12.0. The summed E-state index contributed by atoms with van der Waals surface area (Å²) in [4.78, 5) is 12.7. The van der Waals surface area contributed by atoms with E-state index < -0.39 is 15.9 Å². The molecule has 9 heteroatoms. The first kappa shape index (κ1) is 21.1. The number of halogens is 1. The van der Waals surface area contributed by atoms with Crippen molar-refractivity contribution in [2.24, 2.45) is 5.92 Å². The Morgan fingerprint density at radius 3 is 2.83 bits per heavy atom. The maximum absolute atomic E-state index is 13.1. The van der Waals surface area contributed by atoms with Crippen LogP contribution in [-0.2, 0) is 14.8 Å². The fraction of sp³-hybridized carbons (Fsp3) is 0.300. The lowest BCUT2D eigenvalue weighted by Gasteiger charge is -2.31. The average molecular weight is 434 g/mol. The Balaban J connectivity index is 1.78. The first-order valence-electron chi connectivity index (χ1n) is 9.00. The summed E-state index contributed by atoms with van der Waals surface area (Å²) in [5.41, 5.74) is 0.939. The van der Waals surface area contributed by atoms with Gasteiger partial charge in [-0.3, -0.25) is 4.79 Å². The Kier molecular flexibility index (Phi) is 6.42. The average Bonchev–Trinajstić information content (AvgIpc) is 2.74. The lowest BCUT2D eigenvalue weighted by atomic mass is 9.98. The van der Waals surface area contributed by atoms with Gasteiger partial charge in [0, 0.05) is 23.8 Å². The van der Waals surface area contributed by atoms with Crippen molar-refractivity contribution in [3.63, 3.8) is 0 Å². The largest absolute Gasteiger partial charge is 0.495 e. The van der Waals surface area contributed by atoms with Gasteiger partial charge in [0.1, 0.15) is 10.6 Å². The number of sulfonamides is 1. The Bertz CT molecular complexity index is 1070. The van der Waals surface area contributed by atoms with Gasteiger partial charge in [0.05, 0.1) is 24.7 Å². The number of benzene rings is 2. The van der Waals surface area contributed by atoms with Crippen LogP contribution in [0.25, 0.3) is 0 Å². The molecule has 2 aromatic rings. The van der Waals surface area contributed by atoms with E-state index in [1.54, 1.807) is 30.3 Å². The van der Waals surface area contributed by atoms with Crippen LogP contribution < -0.4 is 10.1 Å². The van der Waals surface area contributed by atoms with Crippen LogP contribution in [0.1, 0.15) is 18.4 Å². The third-order valence-corrected chi connectivity index (χ3v) is 6.88. The number of nitrogens with zero attached hydrogens (tertiary/aromatic N) is 2. The molecule has 1 heterocycles. The summed E-state index contributed by atoms with van der Waals surface area (Å²) >= 11 is 5.99. The number of amides is 1. The monoisotopic (exact) mass is 433 g/mol. The van der Waals surface area contributed by atoms with Crippen LogP contribution in [0.15, 0.2) is 47.4 Å². The number of ether oxygens (including phenoxy) is 1. The van der Waals surface area contributed by atoms with E-state index in [0.29, 0.717) is 30.6 Å². The number of nitriles is 1. The molecule has 1 fully saturated rings. The molecule has 29 heavy (non-hydrogen) atoms. The molecule has 0 aliphatic carbocycles. The fourth-order valence-electron chi connectivity index (χ4n) is 3.28. The Morgan fingerprint density at radius 1 is 1.31 bits per heavy atom. The molecule has 1 aliphatic heterocycles. The zero-order chi connectivity index (χ0) is 21.0. The molecule has 0 bridgehead atoms. The highest BCUT2D eigenvalue weighted by Gasteiger charge is 2.35. The topological polar surface area (TPSA) is 99.5 Å². The summed E-state index contributed by atoms with van der Waals surface area (Å²) in [6.45, 7) is 0.369. The molecule has 1 N–H and O–H groups in total. The summed E-state index contributed by atoms with van der Waals surface area (Å²) < 4.78 is 32.8. The van der Waals surface area contributed by atoms with Crippen LogP contribution in [-0.4, -0.2) is 38.8 Å². The molecule has 0 spiro atoms. The maximum atomic E-state index is 13.1. The van der Waals surface area contributed by atoms with Gasteiger partial charge in [0.25, 0.3) is 0 Å². The molecule has 1 atom stereocenters. The van der Waals surface area contributed by atoms with E-state index in [2.05, 4.69) is 5.32 Å². The minimum Gasteiger partial charge on any atom is -0.495 e. The molecule has 2 aromatic carbocycles. The Morgan fingerprint density at radius 2 is 2.10 bits per heavy atom. The van der Waals surface area contributed by atoms with E-state index in [1.165, 1.54) is 23.5 Å². The zero-order valence-electron chi connectivity index (χ0n) is 15.8. The molecule has 0 radical (unpaired) electrons. The molecule has 1 aliphatic rings. The van der Waals surface area contributed by atoms with Gasteiger partial charge in [-0.25, -0.2) is 8.42 Å². The third-order valence-electron chi connectivity index (χ3n) is 4.76. The van der Waals surface area contributed by atoms with Gasteiger partial charge in [-0.1, -0.05) is 17.7 Å². The van der Waals surface area contributed by atoms with Gasteiger partial charge in [-0.2, -0.15) is 9.57 Å². The van der Waals surface area contributed by atoms with E-state index in [-0.39, 0.29) is 28.1 Å². The lowest BCUT2D eigenvalue weighted by Crippen LogP contribution is -2.43. The zero-order valence-corrected chi connectivity index (χ0v) is 17.3. The van der Waals surface area contributed by atoms with Crippen LogP contribution in [0, 0.1) is 17.2 Å². The first-order chi connectivity index (χ1) is 13.8. The van der Waals surface area contributed by atoms with Crippen molar-refractivity contribution in [2.45, 2.75) is 17.7 Å². The van der Waals surface area contributed by atoms with E-state index in [9.17, 15) is 13.2 Å². The summed E-state index contributed by atoms with van der Waals surface area (Å²) in [6, 6.07) is 13.0. The van der Waals surface area contributed by atoms with Gasteiger partial charge in [0.15, 0.2) is 0 Å². The van der Waals surface area contributed by atoms with Gasteiger partial charge in [0.2, 0.25) is 15.9 Å². The van der Waals surface area contributed by atoms with Crippen molar-refractivity contribution < 1.29 is 17.9 Å². The Hall–Kier alpha value is -2.60. The van der Waals surface area contributed by atoms with Crippen LogP contribution in [0.4, 0.5) is 5.69 Å². The summed E-state index contributed by atoms with van der Waals surface area (Å²) in [5.74, 6) is -0.582. The van der Waals surface area contributed by atoms with Gasteiger partial charge >= 0.3 is 0 Å². The van der Waals surface area contributed by atoms with Crippen molar-refractivity contribution in [1.82, 2.24) is 4.31 Å². The van der Waals surface area contributed by atoms with Gasteiger partial charge in [-0.05, 0) is 49.2 Å². The number of hydrogen-bond acceptors (Lipinski definition) is 5. The fourth-order valence-corrected chi connectivity index (χ4v) is 5.22. The highest BCUT2D eigenvalue weighted by Crippen LogP contribution is 2.32. The second-order valence-corrected chi connectivity index (χ2v) is 9.02. The molecule has 0 aromatic heterocycles. The Labute approximate surface area is 174 Å². The van der Waals surface area contributed by atoms with Crippen LogP contribution in [0.3, 0.4) is 0 Å². The van der Waals surface area contributed by atoms with Crippen molar-refractivity contribution in [3.8, 4) is 11.8 Å². The summed E-state index contributed by atoms with van der Waals surface area (Å²) in [6.07, 6.45) is 1.13. The molecular formula is C20H20ClN3O4S. The van der Waals surface area contributed by atoms with Gasteiger partial charge in [-0.15, -0.1) is 0 Å². The highest BCUT2D eigenvalue weighted by molar-refractivity contribution is 7.89. The van der Waals surface area contributed by atoms with Crippen molar-refractivity contribution >= 4 is 33.2 Å². The second kappa shape index (κ2) is 8.82. The number of nitrogens with one attached hydrogen (secondary N) is 1. The molecule has 1 amide bonds. The molecule has 7 nitrogen and oxygen atoms in total. The van der Waals surface area contributed by atoms with Crippen LogP contribution in [0.2, 0.25) is 5.02 Å². The maximum Gasteiger partial charge on any atom is 0.246 e. The molecule has 152 valence electrons. The molecule has 1 saturated heterocycles. The summed E-state index contributed by atoms with van der Waals surface area (Å²) in [7, 11) is -2.48. The number of methoxy groups -OCH3 is 1. The van der Waals surface area contributed by atoms with Crippen molar-refractivity contribution in [1.29, 1.82) is 5.26 Å². The van der Waals surface area contributed by atoms with Gasteiger partial charge < -0.3 is 10.1 Å². The molecule has 3 rings (SSSR count). The molecule has 0 unspecified atom stereocenters. The minimum absolute atomic E-state index is 0.0183. The van der Waals surface area contributed by atoms with Crippen LogP contribution >= 0.6 is 11.6 Å². The third kappa shape index (κ3) is 4.70. The minimum atomic E-state index is -3.88. The van der Waals surface area contributed by atoms with Crippen LogP contribution in [0.5, 0.6) is 5.75 Å². The normalized spacial score (nSPS) is 17.3. The van der Waals surface area contributed by atoms with E-state index in [4.69, 9.17) is 21.6 Å². The number of piperidine rings is 1. The highest BCUT2D eigenvalue weighted by atomic mass is 35.5. The van der Waals surface area contributed by atoms with E-state index in [1.807, 2.05) is 6.07 Å². The SMILES string of the molecule is COc1ccc(Cl)cc1S(=O)(=O)N1CCC[C@@H](C(=O)Nc2cccc(C#N)c2)C1. The number of anilines is 1. The smallest absolute Gasteiger partial charge is 0.246 e. The second-order valence-electron chi connectivity index (χ2n) is 6.68. The van der Waals surface area contributed by atoms with Crippen molar-refractivity contribution in [3.05, 3.63) is 53.1 Å². The number of carbonyl (C=O) groups excluding carboxylic acids is 1. The predicted molar refractivity (Wildman–Crippen MR) is 109 cm³/mol. The number of carbonyl (C=O) groups is 1. The predicted octanol–water partition coefficient (Wildman–Crippen LogP) is 3.26. The standard InChI is InChI=1S/C20H20ClN3O4S/c1-28-18-8-7-16(21)11-19(18)29(26,27)24-9-3-5-15(13-24)20(25)23-17-6-2-4-14(10-17)12-22/h2,4,6-8,10-11,15H,3,5,9,13H2,1H3,(H,23,25)/t15-/m1/s1. The molecule has 0 saturated carbocycles. The first-order valence-corrected chi connectivity index (χ1v) is 10.8. The quantitative estimate of drug-likeness (QED) is 0.780. The number of hydrogen-bond donors (Lipinski definition) is 1. The van der Waals surface area contributed by atoms with E-state index in [0.717, 1.165) is 0 Å². The number of rotatable bonds is 5. The lowest BCUT2D eigenvalue weighted by molar-refractivity contribution is -0.120. The van der Waals surface area contributed by atoms with Crippen molar-refractivity contribution in [2.75, 3.05) is 25.5 Å².